The van der Waals surface area contributed by atoms with Crippen LogP contribution in [0.4, 0.5) is 0 Å². The molecular weight excluding hydrogens is 318 g/mol. The number of hydrogen-bond donors (Lipinski definition) is 1. The topological polar surface area (TPSA) is 88.0 Å². The van der Waals surface area contributed by atoms with Crippen molar-refractivity contribution in [1.29, 1.82) is 5.26 Å². The van der Waals surface area contributed by atoms with Crippen LogP contribution in [0.1, 0.15) is 41.8 Å². The van der Waals surface area contributed by atoms with Gasteiger partial charge in [0.15, 0.2) is 0 Å². The molecule has 1 N–H and O–H groups in total. The van der Waals surface area contributed by atoms with Gasteiger partial charge in [0.25, 0.3) is 5.56 Å². The fourth-order valence-electron chi connectivity index (χ4n) is 2.88. The van der Waals surface area contributed by atoms with Crippen LogP contribution in [0.2, 0.25) is 0 Å². The van der Waals surface area contributed by atoms with Gasteiger partial charge in [0.05, 0.1) is 12.3 Å². The lowest BCUT2D eigenvalue weighted by atomic mass is 10.0. The van der Waals surface area contributed by atoms with E-state index < -0.39 is 5.56 Å². The normalized spacial score (nSPS) is 15.7. The highest BCUT2D eigenvalue weighted by molar-refractivity contribution is 5.74. The number of aromatic amines is 1. The molecule has 128 valence electrons. The van der Waals surface area contributed by atoms with Crippen molar-refractivity contribution in [3.05, 3.63) is 50.4 Å². The summed E-state index contributed by atoms with van der Waals surface area (Å²) in [6.45, 7) is 6.24. The van der Waals surface area contributed by atoms with E-state index in [-0.39, 0.29) is 11.7 Å². The number of hydrogen-bond acceptors (Lipinski definition) is 5. The summed E-state index contributed by atoms with van der Waals surface area (Å²) in [5.74, 6) is 1.64. The quantitative estimate of drug-likeness (QED) is 0.927. The minimum Gasteiger partial charge on any atom is -0.493 e. The first-order valence-electron chi connectivity index (χ1n) is 8.17. The average molecular weight is 337 g/mol. The van der Waals surface area contributed by atoms with E-state index in [1.165, 1.54) is 0 Å². The first-order valence-corrected chi connectivity index (χ1v) is 8.17. The first kappa shape index (κ1) is 16.8. The standard InChI is InChI=1S/C19H19N3O3/c1-4-24-17-9-14-7-11(2)25-18(14)8-13(17)5-6-16-12(3)15(10-20)19(23)22-21-16/h5-6,8-9,11H,4,7H2,1-3H3,(H,22,23). The maximum absolute atomic E-state index is 11.6. The van der Waals surface area contributed by atoms with E-state index >= 15 is 0 Å². The highest BCUT2D eigenvalue weighted by Crippen LogP contribution is 2.36. The third kappa shape index (κ3) is 3.26. The van der Waals surface area contributed by atoms with E-state index in [9.17, 15) is 4.79 Å². The predicted octanol–water partition coefficient (Wildman–Crippen LogP) is 2.84. The molecule has 0 bridgehead atoms. The van der Waals surface area contributed by atoms with Crippen molar-refractivity contribution in [1.82, 2.24) is 10.2 Å². The van der Waals surface area contributed by atoms with Crippen molar-refractivity contribution in [2.45, 2.75) is 33.3 Å². The van der Waals surface area contributed by atoms with Crippen molar-refractivity contribution in [2.24, 2.45) is 0 Å². The number of rotatable bonds is 4. The molecule has 1 aromatic heterocycles. The number of H-pyrrole nitrogens is 1. The van der Waals surface area contributed by atoms with E-state index in [0.717, 1.165) is 29.0 Å². The Bertz CT molecular complexity index is 938. The summed E-state index contributed by atoms with van der Waals surface area (Å²) in [6.07, 6.45) is 4.64. The van der Waals surface area contributed by atoms with Crippen molar-refractivity contribution in [3.63, 3.8) is 0 Å². The van der Waals surface area contributed by atoms with Gasteiger partial charge in [-0.05, 0) is 50.6 Å². The number of ether oxygens (including phenoxy) is 2. The molecule has 1 aliphatic heterocycles. The fraction of sp³-hybridized carbons (Fsp3) is 0.316. The van der Waals surface area contributed by atoms with Crippen LogP contribution in [0.15, 0.2) is 16.9 Å². The Morgan fingerprint density at radius 3 is 3.00 bits per heavy atom. The van der Waals surface area contributed by atoms with Crippen LogP contribution in [0, 0.1) is 18.3 Å². The molecule has 3 rings (SSSR count). The zero-order chi connectivity index (χ0) is 18.0. The minimum absolute atomic E-state index is 0.0748. The van der Waals surface area contributed by atoms with Gasteiger partial charge in [-0.15, -0.1) is 0 Å². The van der Waals surface area contributed by atoms with Gasteiger partial charge >= 0.3 is 0 Å². The first-order chi connectivity index (χ1) is 12.0. The van der Waals surface area contributed by atoms with Gasteiger partial charge in [-0.3, -0.25) is 4.79 Å². The maximum atomic E-state index is 11.6. The molecule has 1 atom stereocenters. The molecule has 6 heteroatoms. The van der Waals surface area contributed by atoms with E-state index in [1.54, 1.807) is 13.0 Å². The summed E-state index contributed by atoms with van der Waals surface area (Å²) in [6, 6.07) is 5.87. The second-order valence-corrected chi connectivity index (χ2v) is 5.95. The molecule has 1 aromatic carbocycles. The number of fused-ring (bicyclic) bond motifs is 1. The van der Waals surface area contributed by atoms with E-state index in [4.69, 9.17) is 14.7 Å². The second-order valence-electron chi connectivity index (χ2n) is 5.95. The lowest BCUT2D eigenvalue weighted by Gasteiger charge is -2.10. The monoisotopic (exact) mass is 337 g/mol. The predicted molar refractivity (Wildman–Crippen MR) is 94.6 cm³/mol. The molecule has 0 saturated carbocycles. The van der Waals surface area contributed by atoms with Crippen molar-refractivity contribution >= 4 is 12.2 Å². The average Bonchev–Trinajstić information content (AvgIpc) is 2.93. The van der Waals surface area contributed by atoms with Gasteiger partial charge in [0.1, 0.15) is 29.2 Å². The maximum Gasteiger partial charge on any atom is 0.282 e. The lowest BCUT2D eigenvalue weighted by molar-refractivity contribution is 0.254. The van der Waals surface area contributed by atoms with Crippen LogP contribution < -0.4 is 15.0 Å². The summed E-state index contributed by atoms with van der Waals surface area (Å²) in [5.41, 5.74) is 2.68. The molecule has 0 amide bonds. The van der Waals surface area contributed by atoms with Gasteiger partial charge in [0, 0.05) is 17.5 Å². The number of benzene rings is 1. The SMILES string of the molecule is CCOc1cc2c(cc1C=Cc1n[nH]c(=O)c(C#N)c1C)OC(C)C2. The van der Waals surface area contributed by atoms with Gasteiger partial charge in [-0.2, -0.15) is 10.4 Å². The number of aromatic nitrogens is 2. The molecule has 0 spiro atoms. The minimum atomic E-state index is -0.480. The molecule has 1 unspecified atom stereocenters. The molecule has 0 fully saturated rings. The Labute approximate surface area is 145 Å². The fourth-order valence-corrected chi connectivity index (χ4v) is 2.88. The Morgan fingerprint density at radius 2 is 2.28 bits per heavy atom. The Morgan fingerprint density at radius 1 is 1.48 bits per heavy atom. The van der Waals surface area contributed by atoms with E-state index in [2.05, 4.69) is 10.2 Å². The smallest absolute Gasteiger partial charge is 0.282 e. The zero-order valence-corrected chi connectivity index (χ0v) is 14.4. The lowest BCUT2D eigenvalue weighted by Crippen LogP contribution is -2.15. The van der Waals surface area contributed by atoms with Crippen molar-refractivity contribution < 1.29 is 9.47 Å². The van der Waals surface area contributed by atoms with Crippen LogP contribution >= 0.6 is 0 Å². The Hall–Kier alpha value is -3.07. The van der Waals surface area contributed by atoms with Crippen LogP contribution in [0.25, 0.3) is 12.2 Å². The second kappa shape index (κ2) is 6.81. The van der Waals surface area contributed by atoms with Crippen molar-refractivity contribution in [2.75, 3.05) is 6.61 Å². The summed E-state index contributed by atoms with van der Waals surface area (Å²) in [4.78, 5) is 11.6. The highest BCUT2D eigenvalue weighted by atomic mass is 16.5. The van der Waals surface area contributed by atoms with Crippen LogP contribution in [0.5, 0.6) is 11.5 Å². The van der Waals surface area contributed by atoms with Gasteiger partial charge < -0.3 is 9.47 Å². The third-order valence-electron chi connectivity index (χ3n) is 4.13. The molecule has 1 aliphatic rings. The summed E-state index contributed by atoms with van der Waals surface area (Å²) in [7, 11) is 0. The molecule has 6 nitrogen and oxygen atoms in total. The van der Waals surface area contributed by atoms with E-state index in [0.29, 0.717) is 17.9 Å². The molecule has 25 heavy (non-hydrogen) atoms. The van der Waals surface area contributed by atoms with Gasteiger partial charge in [-0.1, -0.05) is 0 Å². The third-order valence-corrected chi connectivity index (χ3v) is 4.13. The molecule has 2 aromatic rings. The number of nitrogens with zero attached hydrogens (tertiary/aromatic N) is 2. The Balaban J connectivity index is 2.01. The zero-order valence-electron chi connectivity index (χ0n) is 14.4. The van der Waals surface area contributed by atoms with Crippen LogP contribution in [-0.4, -0.2) is 22.9 Å². The number of nitrogens with one attached hydrogen (secondary N) is 1. The summed E-state index contributed by atoms with van der Waals surface area (Å²) < 4.78 is 11.6. The Kier molecular flexibility index (Phi) is 4.57. The van der Waals surface area contributed by atoms with E-state index in [1.807, 2.05) is 38.1 Å². The van der Waals surface area contributed by atoms with Gasteiger partial charge in [-0.25, -0.2) is 5.10 Å². The number of nitriles is 1. The molecule has 0 radical (unpaired) electrons. The molecular formula is C19H19N3O3. The summed E-state index contributed by atoms with van der Waals surface area (Å²) in [5, 5.41) is 15.5. The molecule has 0 aliphatic carbocycles. The van der Waals surface area contributed by atoms with Crippen LogP contribution in [0.3, 0.4) is 0 Å². The molecule has 0 saturated heterocycles. The highest BCUT2D eigenvalue weighted by Gasteiger charge is 2.21. The van der Waals surface area contributed by atoms with Crippen molar-refractivity contribution in [3.8, 4) is 17.6 Å². The molecule has 2 heterocycles. The van der Waals surface area contributed by atoms with Gasteiger partial charge in [0.2, 0.25) is 0 Å². The largest absolute Gasteiger partial charge is 0.493 e. The van der Waals surface area contributed by atoms with Crippen LogP contribution in [-0.2, 0) is 6.42 Å². The summed E-state index contributed by atoms with van der Waals surface area (Å²) >= 11 is 0.